The molecule has 2 aliphatic heterocycles. The topological polar surface area (TPSA) is 89.5 Å². The number of amidine groups is 1. The number of carbonyl (C=O) groups is 2. The van der Waals surface area contributed by atoms with Crippen LogP contribution in [0.5, 0.6) is 11.5 Å². The van der Waals surface area contributed by atoms with Crippen molar-refractivity contribution in [1.29, 1.82) is 0 Å². The minimum atomic E-state index is -0.641. The second-order valence-corrected chi connectivity index (χ2v) is 9.14. The Balaban J connectivity index is 1.69. The minimum Gasteiger partial charge on any atom is -0.493 e. The quantitative estimate of drug-likeness (QED) is 0.359. The number of hydrogen-bond donors (Lipinski definition) is 1. The van der Waals surface area contributed by atoms with E-state index in [1.165, 1.54) is 17.8 Å². The van der Waals surface area contributed by atoms with E-state index >= 15 is 0 Å². The maximum absolute atomic E-state index is 13.3. The summed E-state index contributed by atoms with van der Waals surface area (Å²) < 4.78 is 16.7. The van der Waals surface area contributed by atoms with Gasteiger partial charge in [-0.1, -0.05) is 66.9 Å². The Labute approximate surface area is 220 Å². The number of fused-ring (bicyclic) bond motifs is 1. The van der Waals surface area contributed by atoms with Crippen LogP contribution in [0, 0.1) is 0 Å². The van der Waals surface area contributed by atoms with Crippen LogP contribution in [0.3, 0.4) is 0 Å². The van der Waals surface area contributed by atoms with Crippen molar-refractivity contribution in [3.63, 3.8) is 0 Å². The zero-order valence-electron chi connectivity index (χ0n) is 21.0. The van der Waals surface area contributed by atoms with E-state index in [9.17, 15) is 9.59 Å². The third-order valence-electron chi connectivity index (χ3n) is 5.96. The average Bonchev–Trinajstić information content (AvgIpc) is 3.31. The van der Waals surface area contributed by atoms with Crippen LogP contribution >= 0.6 is 11.8 Å². The van der Waals surface area contributed by atoms with Crippen molar-refractivity contribution < 1.29 is 23.8 Å². The number of para-hydroxylation sites is 1. The van der Waals surface area contributed by atoms with Crippen LogP contribution in [0.1, 0.15) is 30.5 Å². The van der Waals surface area contributed by atoms with Crippen molar-refractivity contribution in [2.75, 3.05) is 20.8 Å². The predicted octanol–water partition coefficient (Wildman–Crippen LogP) is 4.71. The van der Waals surface area contributed by atoms with Crippen LogP contribution in [0.2, 0.25) is 0 Å². The summed E-state index contributed by atoms with van der Waals surface area (Å²) in [5.74, 6) is 0.358. The van der Waals surface area contributed by atoms with Gasteiger partial charge in [0.15, 0.2) is 16.7 Å². The molecule has 1 N–H and O–H groups in total. The van der Waals surface area contributed by atoms with Crippen molar-refractivity contribution in [1.82, 2.24) is 10.2 Å². The molecule has 1 atom stereocenters. The maximum Gasteiger partial charge on any atom is 0.338 e. The summed E-state index contributed by atoms with van der Waals surface area (Å²) in [6, 6.07) is 14.6. The molecule has 0 spiro atoms. The molecule has 0 saturated carbocycles. The number of carbonyl (C=O) groups excluding carboxylic acids is 2. The molecule has 2 heterocycles. The van der Waals surface area contributed by atoms with Crippen molar-refractivity contribution in [2.24, 2.45) is 4.99 Å². The van der Waals surface area contributed by atoms with Crippen LogP contribution in [0.25, 0.3) is 0 Å². The first-order valence-electron chi connectivity index (χ1n) is 11.7. The monoisotopic (exact) mass is 519 g/mol. The Morgan fingerprint density at radius 3 is 2.62 bits per heavy atom. The molecule has 1 unspecified atom stereocenters. The summed E-state index contributed by atoms with van der Waals surface area (Å²) in [6.07, 6.45) is 1.62. The van der Waals surface area contributed by atoms with E-state index < -0.39 is 12.0 Å². The largest absolute Gasteiger partial charge is 0.493 e. The second kappa shape index (κ2) is 11.8. The zero-order chi connectivity index (χ0) is 26.4. The van der Waals surface area contributed by atoms with Gasteiger partial charge in [0.05, 0.1) is 38.0 Å². The zero-order valence-corrected chi connectivity index (χ0v) is 21.8. The lowest BCUT2D eigenvalue weighted by atomic mass is 9.92. The number of ether oxygens (including phenoxy) is 3. The summed E-state index contributed by atoms with van der Waals surface area (Å²) >= 11 is 1.41. The molecule has 4 rings (SSSR count). The number of rotatable bonds is 10. The molecule has 0 saturated heterocycles. The highest BCUT2D eigenvalue weighted by atomic mass is 32.2. The molecule has 0 aromatic heterocycles. The third kappa shape index (κ3) is 5.56. The van der Waals surface area contributed by atoms with Gasteiger partial charge in [-0.15, -0.1) is 0 Å². The van der Waals surface area contributed by atoms with Crippen LogP contribution in [-0.4, -0.2) is 42.8 Å². The smallest absolute Gasteiger partial charge is 0.338 e. The van der Waals surface area contributed by atoms with Crippen molar-refractivity contribution >= 4 is 28.8 Å². The molecular weight excluding hydrogens is 490 g/mol. The molecule has 2 aliphatic rings. The number of benzene rings is 2. The maximum atomic E-state index is 13.3. The first kappa shape index (κ1) is 26.1. The van der Waals surface area contributed by atoms with E-state index in [-0.39, 0.29) is 18.9 Å². The lowest BCUT2D eigenvalue weighted by Crippen LogP contribution is -2.38. The minimum absolute atomic E-state index is 0.0630. The van der Waals surface area contributed by atoms with Crippen LogP contribution in [0.4, 0.5) is 0 Å². The van der Waals surface area contributed by atoms with Gasteiger partial charge >= 0.3 is 5.97 Å². The molecule has 37 heavy (non-hydrogen) atoms. The number of aliphatic imine (C=N–C) groups is 1. The Morgan fingerprint density at radius 2 is 1.92 bits per heavy atom. The van der Waals surface area contributed by atoms with Gasteiger partial charge in [0.25, 0.3) is 0 Å². The van der Waals surface area contributed by atoms with Gasteiger partial charge in [-0.2, -0.15) is 0 Å². The van der Waals surface area contributed by atoms with Crippen molar-refractivity contribution in [2.45, 2.75) is 25.9 Å². The molecule has 2 aromatic rings. The number of esters is 1. The number of methoxy groups -OCH3 is 2. The highest BCUT2D eigenvalue weighted by Crippen LogP contribution is 2.48. The number of hydrogen-bond acceptors (Lipinski definition) is 8. The van der Waals surface area contributed by atoms with E-state index in [2.05, 4.69) is 16.9 Å². The fourth-order valence-electron chi connectivity index (χ4n) is 4.29. The van der Waals surface area contributed by atoms with Crippen LogP contribution in [-0.2, 0) is 20.9 Å². The number of nitrogens with zero attached hydrogens (tertiary/aromatic N) is 2. The van der Waals surface area contributed by atoms with E-state index in [1.807, 2.05) is 52.8 Å². The lowest BCUT2D eigenvalue weighted by Gasteiger charge is -2.37. The summed E-state index contributed by atoms with van der Waals surface area (Å²) in [6.45, 7) is 5.90. The van der Waals surface area contributed by atoms with Gasteiger partial charge in [-0.25, -0.2) is 9.79 Å². The molecule has 8 nitrogen and oxygen atoms in total. The van der Waals surface area contributed by atoms with E-state index in [4.69, 9.17) is 14.2 Å². The second-order valence-electron chi connectivity index (χ2n) is 8.30. The van der Waals surface area contributed by atoms with E-state index in [1.54, 1.807) is 27.2 Å². The van der Waals surface area contributed by atoms with Crippen LogP contribution < -0.4 is 14.8 Å². The van der Waals surface area contributed by atoms with Gasteiger partial charge < -0.3 is 24.4 Å². The Morgan fingerprint density at radius 1 is 1.14 bits per heavy atom. The Bertz CT molecular complexity index is 1290. The molecule has 0 fully saturated rings. The van der Waals surface area contributed by atoms with Crippen LogP contribution in [0.15, 0.2) is 88.6 Å². The SMILES string of the molecule is C=CCOC(=O)C1=C(C)N=C2SC=C(CC(=O)NCc3ccccc3)N2C1c1cccc(OC)c1OC. The molecule has 1 amide bonds. The number of allylic oxidation sites excluding steroid dienone is 1. The fraction of sp³-hybridized carbons (Fsp3) is 0.250. The van der Waals surface area contributed by atoms with Gasteiger partial charge in [-0.05, 0) is 24.0 Å². The molecule has 192 valence electrons. The summed E-state index contributed by atoms with van der Waals surface area (Å²) in [5.41, 5.74) is 3.31. The normalized spacial score (nSPS) is 16.4. The van der Waals surface area contributed by atoms with E-state index in [0.717, 1.165) is 5.56 Å². The number of amides is 1. The lowest BCUT2D eigenvalue weighted by molar-refractivity contribution is -0.138. The molecule has 2 aromatic carbocycles. The molecular formula is C28H29N3O5S. The van der Waals surface area contributed by atoms with Gasteiger partial charge in [-0.3, -0.25) is 4.79 Å². The average molecular weight is 520 g/mol. The van der Waals surface area contributed by atoms with Crippen molar-refractivity contribution in [3.05, 3.63) is 94.7 Å². The van der Waals surface area contributed by atoms with Gasteiger partial charge in [0.1, 0.15) is 6.61 Å². The summed E-state index contributed by atoms with van der Waals surface area (Å²) in [7, 11) is 3.11. The molecule has 0 bridgehead atoms. The predicted molar refractivity (Wildman–Crippen MR) is 144 cm³/mol. The summed E-state index contributed by atoms with van der Waals surface area (Å²) in [5, 5.41) is 5.53. The molecule has 0 aliphatic carbocycles. The number of thioether (sulfide) groups is 1. The Kier molecular flexibility index (Phi) is 8.35. The number of nitrogens with one attached hydrogen (secondary N) is 1. The van der Waals surface area contributed by atoms with E-state index in [0.29, 0.717) is 45.7 Å². The summed E-state index contributed by atoms with van der Waals surface area (Å²) in [4.78, 5) is 32.8. The first-order valence-corrected chi connectivity index (χ1v) is 12.6. The third-order valence-corrected chi connectivity index (χ3v) is 6.84. The Hall–Kier alpha value is -3.98. The molecule has 0 radical (unpaired) electrons. The van der Waals surface area contributed by atoms with Crippen molar-refractivity contribution in [3.8, 4) is 11.5 Å². The standard InChI is InChI=1S/C28H29N3O5S/c1-5-14-36-27(33)24-18(2)30-28-31(25(24)21-12-9-13-22(34-3)26(21)35-4)20(17-37-28)15-23(32)29-16-19-10-7-6-8-11-19/h5-13,17,25H,1,14-16H2,2-4H3,(H,29,32). The molecule has 9 heteroatoms. The first-order chi connectivity index (χ1) is 18.0. The van der Waals surface area contributed by atoms with Gasteiger partial charge in [0.2, 0.25) is 5.91 Å². The highest BCUT2D eigenvalue weighted by Gasteiger charge is 2.42. The fourth-order valence-corrected chi connectivity index (χ4v) is 5.25. The highest BCUT2D eigenvalue weighted by molar-refractivity contribution is 8.16. The van der Waals surface area contributed by atoms with Gasteiger partial charge in [0, 0.05) is 17.8 Å².